The predicted molar refractivity (Wildman–Crippen MR) is 156 cm³/mol. The monoisotopic (exact) mass is 569 g/mol. The van der Waals surface area contributed by atoms with Crippen LogP contribution < -0.4 is 9.62 Å². The summed E-state index contributed by atoms with van der Waals surface area (Å²) in [6.07, 6.45) is 2.52. The van der Waals surface area contributed by atoms with Crippen LogP contribution >= 0.6 is 11.6 Å². The maximum Gasteiger partial charge on any atom is 0.264 e. The summed E-state index contributed by atoms with van der Waals surface area (Å²) >= 11 is 6.40. The summed E-state index contributed by atoms with van der Waals surface area (Å²) in [7, 11) is -4.09. The molecule has 1 N–H and O–H groups in total. The Bertz CT molecular complexity index is 1350. The van der Waals surface area contributed by atoms with E-state index in [1.165, 1.54) is 17.0 Å². The van der Waals surface area contributed by atoms with E-state index in [0.717, 1.165) is 29.1 Å². The number of unbranched alkanes of at least 4 members (excludes halogenated alkanes) is 1. The second kappa shape index (κ2) is 14.1. The highest BCUT2D eigenvalue weighted by Gasteiger charge is 2.32. The largest absolute Gasteiger partial charge is 0.354 e. The van der Waals surface area contributed by atoms with Crippen LogP contribution in [0, 0.1) is 0 Å². The molecule has 0 saturated heterocycles. The van der Waals surface area contributed by atoms with Gasteiger partial charge in [-0.15, -0.1) is 0 Å². The van der Waals surface area contributed by atoms with E-state index >= 15 is 0 Å². The molecule has 208 valence electrons. The van der Waals surface area contributed by atoms with Crippen molar-refractivity contribution in [1.29, 1.82) is 0 Å². The van der Waals surface area contributed by atoms with Gasteiger partial charge in [-0.2, -0.15) is 0 Å². The van der Waals surface area contributed by atoms with Crippen molar-refractivity contribution in [2.75, 3.05) is 17.4 Å². The van der Waals surface area contributed by atoms with Gasteiger partial charge in [0, 0.05) is 18.1 Å². The second-order valence-corrected chi connectivity index (χ2v) is 11.5. The predicted octanol–water partition coefficient (Wildman–Crippen LogP) is 5.43. The minimum absolute atomic E-state index is 0.0505. The Labute approximate surface area is 236 Å². The van der Waals surface area contributed by atoms with Crippen LogP contribution in [0.25, 0.3) is 0 Å². The number of hydrogen-bond donors (Lipinski definition) is 1. The summed E-state index contributed by atoms with van der Waals surface area (Å²) in [6, 6.07) is 21.3. The van der Waals surface area contributed by atoms with E-state index in [1.807, 2.05) is 26.0 Å². The first-order valence-corrected chi connectivity index (χ1v) is 15.0. The van der Waals surface area contributed by atoms with E-state index in [4.69, 9.17) is 11.6 Å². The number of anilines is 1. The van der Waals surface area contributed by atoms with Crippen molar-refractivity contribution < 1.29 is 18.0 Å². The Kier molecular flexibility index (Phi) is 10.9. The maximum atomic E-state index is 13.9. The molecule has 3 aromatic rings. The highest BCUT2D eigenvalue weighted by Crippen LogP contribution is 2.26. The molecule has 0 aliphatic carbocycles. The Morgan fingerprint density at radius 2 is 1.56 bits per heavy atom. The minimum Gasteiger partial charge on any atom is -0.354 e. The number of carbonyl (C=O) groups excluding carboxylic acids is 2. The summed E-state index contributed by atoms with van der Waals surface area (Å²) in [5.74, 6) is -0.833. The van der Waals surface area contributed by atoms with Gasteiger partial charge in [0.05, 0.1) is 10.6 Å². The standard InChI is InChI=1S/C30H36ClN3O4S/c1-4-6-20-32-30(36)23(3)33(21-25-12-10-11-15-28(25)31)29(35)22-34(26-18-16-24(5-2)17-19-26)39(37,38)27-13-8-7-9-14-27/h7-19,23H,4-6,20-22H2,1-3H3,(H,32,36)/t23-/m0/s1. The van der Waals surface area contributed by atoms with Crippen LogP contribution in [-0.4, -0.2) is 44.3 Å². The lowest BCUT2D eigenvalue weighted by Crippen LogP contribution is -2.51. The third kappa shape index (κ3) is 7.83. The molecule has 2 amide bonds. The van der Waals surface area contributed by atoms with Crippen LogP contribution in [0.2, 0.25) is 5.02 Å². The zero-order chi connectivity index (χ0) is 28.4. The number of aryl methyl sites for hydroxylation is 1. The van der Waals surface area contributed by atoms with Gasteiger partial charge >= 0.3 is 0 Å². The first-order valence-electron chi connectivity index (χ1n) is 13.2. The van der Waals surface area contributed by atoms with E-state index in [0.29, 0.717) is 22.8 Å². The van der Waals surface area contributed by atoms with Gasteiger partial charge in [0.15, 0.2) is 0 Å². The molecule has 39 heavy (non-hydrogen) atoms. The van der Waals surface area contributed by atoms with E-state index in [-0.39, 0.29) is 17.3 Å². The first kappa shape index (κ1) is 30.2. The normalized spacial score (nSPS) is 12.0. The molecule has 0 heterocycles. The van der Waals surface area contributed by atoms with Gasteiger partial charge in [-0.05, 0) is 61.2 Å². The quantitative estimate of drug-likeness (QED) is 0.278. The topological polar surface area (TPSA) is 86.8 Å². The van der Waals surface area contributed by atoms with Crippen molar-refractivity contribution in [3.63, 3.8) is 0 Å². The number of nitrogens with one attached hydrogen (secondary N) is 1. The highest BCUT2D eigenvalue weighted by molar-refractivity contribution is 7.92. The van der Waals surface area contributed by atoms with Gasteiger partial charge in [0.2, 0.25) is 11.8 Å². The summed E-state index contributed by atoms with van der Waals surface area (Å²) in [5, 5.41) is 3.33. The zero-order valence-electron chi connectivity index (χ0n) is 22.6. The molecule has 0 aromatic heterocycles. The number of rotatable bonds is 13. The van der Waals surface area contributed by atoms with Crippen LogP contribution in [0.4, 0.5) is 5.69 Å². The summed E-state index contributed by atoms with van der Waals surface area (Å²) in [5.41, 5.74) is 2.06. The molecule has 0 spiro atoms. The number of sulfonamides is 1. The van der Waals surface area contributed by atoms with E-state index in [2.05, 4.69) is 5.32 Å². The average Bonchev–Trinajstić information content (AvgIpc) is 2.95. The lowest BCUT2D eigenvalue weighted by Gasteiger charge is -2.32. The summed E-state index contributed by atoms with van der Waals surface area (Å²) < 4.78 is 28.7. The van der Waals surface area contributed by atoms with Gasteiger partial charge in [-0.1, -0.05) is 80.4 Å². The second-order valence-electron chi connectivity index (χ2n) is 9.28. The van der Waals surface area contributed by atoms with Crippen molar-refractivity contribution in [2.24, 2.45) is 0 Å². The number of hydrogen-bond acceptors (Lipinski definition) is 4. The van der Waals surface area contributed by atoms with Crippen molar-refractivity contribution in [2.45, 2.75) is 57.5 Å². The lowest BCUT2D eigenvalue weighted by molar-refractivity contribution is -0.139. The van der Waals surface area contributed by atoms with Gasteiger partial charge in [0.25, 0.3) is 10.0 Å². The SMILES string of the molecule is CCCCNC(=O)[C@H](C)N(Cc1ccccc1Cl)C(=O)CN(c1ccc(CC)cc1)S(=O)(=O)c1ccccc1. The fraction of sp³-hybridized carbons (Fsp3) is 0.333. The molecule has 7 nitrogen and oxygen atoms in total. The van der Waals surface area contributed by atoms with Crippen LogP contribution in [0.15, 0.2) is 83.8 Å². The molecule has 3 aromatic carbocycles. The van der Waals surface area contributed by atoms with Crippen molar-refractivity contribution in [3.05, 3.63) is 95.0 Å². The fourth-order valence-corrected chi connectivity index (χ4v) is 5.71. The molecule has 0 unspecified atom stereocenters. The van der Waals surface area contributed by atoms with Crippen molar-refractivity contribution in [1.82, 2.24) is 10.2 Å². The lowest BCUT2D eigenvalue weighted by atomic mass is 10.1. The first-order chi connectivity index (χ1) is 18.7. The Morgan fingerprint density at radius 1 is 0.923 bits per heavy atom. The van der Waals surface area contributed by atoms with Crippen LogP contribution in [0.3, 0.4) is 0 Å². The molecule has 0 fully saturated rings. The Hall–Kier alpha value is -3.36. The molecule has 9 heteroatoms. The number of benzene rings is 3. The molecule has 0 bridgehead atoms. The molecule has 0 radical (unpaired) electrons. The zero-order valence-corrected chi connectivity index (χ0v) is 24.2. The van der Waals surface area contributed by atoms with E-state index < -0.39 is 28.5 Å². The van der Waals surface area contributed by atoms with Crippen LogP contribution in [-0.2, 0) is 32.6 Å². The number of carbonyl (C=O) groups is 2. The third-order valence-electron chi connectivity index (χ3n) is 6.54. The van der Waals surface area contributed by atoms with Gasteiger partial charge < -0.3 is 10.2 Å². The molecule has 0 aliphatic rings. The van der Waals surface area contributed by atoms with Crippen LogP contribution in [0.1, 0.15) is 44.7 Å². The molecule has 3 rings (SSSR count). The molecular formula is C30H36ClN3O4S. The third-order valence-corrected chi connectivity index (χ3v) is 8.69. The van der Waals surface area contributed by atoms with E-state index in [1.54, 1.807) is 61.5 Å². The highest BCUT2D eigenvalue weighted by atomic mass is 35.5. The van der Waals surface area contributed by atoms with E-state index in [9.17, 15) is 18.0 Å². The Balaban J connectivity index is 2.00. The van der Waals surface area contributed by atoms with Crippen molar-refractivity contribution >= 4 is 39.1 Å². The van der Waals surface area contributed by atoms with Gasteiger partial charge in [-0.25, -0.2) is 8.42 Å². The number of nitrogens with zero attached hydrogens (tertiary/aromatic N) is 2. The number of amides is 2. The van der Waals surface area contributed by atoms with Crippen LogP contribution in [0.5, 0.6) is 0 Å². The molecular weight excluding hydrogens is 534 g/mol. The fourth-order valence-electron chi connectivity index (χ4n) is 4.08. The summed E-state index contributed by atoms with van der Waals surface area (Å²) in [6.45, 7) is 5.73. The molecule has 0 aliphatic heterocycles. The van der Waals surface area contributed by atoms with Gasteiger partial charge in [-0.3, -0.25) is 13.9 Å². The van der Waals surface area contributed by atoms with Crippen molar-refractivity contribution in [3.8, 4) is 0 Å². The smallest absolute Gasteiger partial charge is 0.264 e. The van der Waals surface area contributed by atoms with Gasteiger partial charge in [0.1, 0.15) is 12.6 Å². The molecule has 1 atom stereocenters. The molecule has 0 saturated carbocycles. The summed E-state index contributed by atoms with van der Waals surface area (Å²) in [4.78, 5) is 28.4. The Morgan fingerprint density at radius 3 is 2.18 bits per heavy atom. The minimum atomic E-state index is -4.09. The maximum absolute atomic E-state index is 13.9. The average molecular weight is 570 g/mol. The number of halogens is 1.